The molecule has 0 atom stereocenters. The third-order valence-corrected chi connectivity index (χ3v) is 10.3. The van der Waals surface area contributed by atoms with Crippen LogP contribution >= 0.6 is 0 Å². The Balaban J connectivity index is 0.00000624. The summed E-state index contributed by atoms with van der Waals surface area (Å²) in [4.78, 5) is 9.37. The third kappa shape index (κ3) is 7.20. The number of pyridine rings is 2. The molecular weight excluding hydrogens is 932 g/mol. The van der Waals surface area contributed by atoms with Crippen LogP contribution in [0.5, 0.6) is 11.5 Å². The molecule has 0 aliphatic rings. The molecular formula is C53H38N6OPt-2. The Morgan fingerprint density at radius 3 is 2.18 bits per heavy atom. The zero-order chi connectivity index (χ0) is 49.7. The van der Waals surface area contributed by atoms with E-state index in [0.29, 0.717) is 33.8 Å². The number of aromatic nitrogens is 5. The molecule has 0 aliphatic heterocycles. The van der Waals surface area contributed by atoms with Crippen LogP contribution in [0.3, 0.4) is 0 Å². The van der Waals surface area contributed by atoms with E-state index in [9.17, 15) is 5.26 Å². The van der Waals surface area contributed by atoms with E-state index < -0.39 is 60.4 Å². The van der Waals surface area contributed by atoms with E-state index in [0.717, 1.165) is 27.5 Å². The van der Waals surface area contributed by atoms with Gasteiger partial charge in [-0.3, -0.25) is 9.55 Å². The van der Waals surface area contributed by atoms with E-state index in [1.165, 1.54) is 6.07 Å². The van der Waals surface area contributed by atoms with E-state index in [1.54, 1.807) is 69.9 Å². The molecule has 0 amide bonds. The van der Waals surface area contributed by atoms with E-state index in [4.69, 9.17) is 23.4 Å². The predicted octanol–water partition coefficient (Wildman–Crippen LogP) is 11.8. The van der Waals surface area contributed by atoms with Gasteiger partial charge in [-0.05, 0) is 69.4 Å². The number of hydrogen-bond acceptors (Lipinski definition) is 4. The number of fused-ring (bicyclic) bond motifs is 4. The average molecular weight is 980 g/mol. The normalized spacial score (nSPS) is 13.8. The summed E-state index contributed by atoms with van der Waals surface area (Å²) in [5.74, 6) is 1.17. The summed E-state index contributed by atoms with van der Waals surface area (Å²) in [5.41, 5.74) is 4.76. The van der Waals surface area contributed by atoms with Crippen molar-refractivity contribution in [2.24, 2.45) is 0 Å². The minimum atomic E-state index is -0.598. The van der Waals surface area contributed by atoms with Crippen LogP contribution in [0.1, 0.15) is 51.3 Å². The van der Waals surface area contributed by atoms with Gasteiger partial charge in [-0.2, -0.15) is 11.3 Å². The summed E-state index contributed by atoms with van der Waals surface area (Å²) in [7, 11) is 0. The molecule has 4 aromatic heterocycles. The van der Waals surface area contributed by atoms with Crippen molar-refractivity contribution < 1.29 is 44.1 Å². The molecule has 0 saturated heterocycles. The molecule has 61 heavy (non-hydrogen) atoms. The Morgan fingerprint density at radius 1 is 0.754 bits per heavy atom. The number of para-hydroxylation sites is 3. The fraction of sp³-hybridized carbons (Fsp3) is 0.0943. The van der Waals surface area contributed by atoms with Crippen molar-refractivity contribution in [2.45, 2.75) is 33.1 Å². The minimum Gasteiger partial charge on any atom is -0.510 e. The van der Waals surface area contributed by atoms with Crippen LogP contribution < -0.4 is 9.30 Å². The first-order valence-electron chi connectivity index (χ1n) is 24.1. The van der Waals surface area contributed by atoms with E-state index >= 15 is 0 Å². The molecule has 298 valence electrons. The fourth-order valence-electron chi connectivity index (χ4n) is 7.47. The van der Waals surface area contributed by atoms with Crippen molar-refractivity contribution >= 4 is 32.8 Å². The van der Waals surface area contributed by atoms with Crippen LogP contribution in [-0.2, 0) is 26.5 Å². The summed E-state index contributed by atoms with van der Waals surface area (Å²) in [6.07, 6.45) is 6.96. The fourth-order valence-corrected chi connectivity index (χ4v) is 7.47. The number of nitrogens with zero attached hydrogens (tertiary/aromatic N) is 6. The van der Waals surface area contributed by atoms with Crippen LogP contribution in [0.2, 0.25) is 0 Å². The van der Waals surface area contributed by atoms with Crippen molar-refractivity contribution in [1.29, 1.82) is 5.26 Å². The van der Waals surface area contributed by atoms with Gasteiger partial charge in [0.2, 0.25) is 0 Å². The van der Waals surface area contributed by atoms with E-state index in [1.807, 2.05) is 35.9 Å². The smallest absolute Gasteiger partial charge is 0.268 e. The molecule has 8 heteroatoms. The van der Waals surface area contributed by atoms with Crippen LogP contribution in [-0.4, -0.2) is 19.1 Å². The maximum Gasteiger partial charge on any atom is 0.268 e. The first-order valence-corrected chi connectivity index (χ1v) is 19.1. The summed E-state index contributed by atoms with van der Waals surface area (Å²) in [6.45, 7) is 8.36. The van der Waals surface area contributed by atoms with Crippen molar-refractivity contribution in [3.8, 4) is 57.0 Å². The van der Waals surface area contributed by atoms with E-state index in [-0.39, 0.29) is 65.7 Å². The first kappa shape index (κ1) is 29.2. The second-order valence-corrected chi connectivity index (χ2v) is 15.2. The van der Waals surface area contributed by atoms with Gasteiger partial charge < -0.3 is 13.9 Å². The van der Waals surface area contributed by atoms with Crippen LogP contribution in [0, 0.1) is 36.7 Å². The van der Waals surface area contributed by atoms with Gasteiger partial charge in [0.1, 0.15) is 5.82 Å². The molecule has 6 aromatic carbocycles. The largest absolute Gasteiger partial charge is 0.510 e. The molecule has 0 bridgehead atoms. The van der Waals surface area contributed by atoms with Crippen molar-refractivity contribution in [1.82, 2.24) is 19.1 Å². The standard InChI is InChI=1S/C53H38N6O.Pt/c1-35-26-49-46(33-56-35)45-23-22-41(31-50(45)59(49)51-29-39(24-25-55-51)53(2,3)4)60-42-28-36(32-54)27-40(30-42)57-34-58(48-21-12-11-20-47(48)57)52-43(37-14-7-5-8-15-37)18-13-19-44(52)38-16-9-6-10-17-38;/h5-29,33H,1-4H3;/q-2;/i5D,6D,7D,8D,9D,10D,14D,15D,16D,17D;. The van der Waals surface area contributed by atoms with Gasteiger partial charge in [-0.1, -0.05) is 135 Å². The number of ether oxygens (including phenoxy) is 1. The molecule has 0 N–H and O–H groups in total. The Morgan fingerprint density at radius 2 is 1.48 bits per heavy atom. The van der Waals surface area contributed by atoms with Gasteiger partial charge in [0.15, 0.2) is 0 Å². The van der Waals surface area contributed by atoms with Crippen LogP contribution in [0.25, 0.3) is 72.3 Å². The molecule has 10 rings (SSSR count). The summed E-state index contributed by atoms with van der Waals surface area (Å²) >= 11 is 0. The summed E-state index contributed by atoms with van der Waals surface area (Å²) in [6, 6.07) is 28.0. The zero-order valence-electron chi connectivity index (χ0n) is 43.1. The number of aryl methyl sites for hydroxylation is 1. The number of hydrogen-bond donors (Lipinski definition) is 0. The maximum absolute atomic E-state index is 10.4. The number of benzene rings is 6. The quantitative estimate of drug-likeness (QED) is 0.118. The molecule has 0 aliphatic carbocycles. The molecule has 10 aromatic rings. The first-order chi connectivity index (χ1) is 33.4. The van der Waals surface area contributed by atoms with Gasteiger partial charge in [-0.25, -0.2) is 4.98 Å². The van der Waals surface area contributed by atoms with Gasteiger partial charge in [-0.15, -0.1) is 35.7 Å². The van der Waals surface area contributed by atoms with E-state index in [2.05, 4.69) is 56.4 Å². The molecule has 7 nitrogen and oxygen atoms in total. The predicted molar refractivity (Wildman–Crippen MR) is 237 cm³/mol. The average Bonchev–Trinajstić information content (AvgIpc) is 3.89. The molecule has 0 saturated carbocycles. The van der Waals surface area contributed by atoms with Crippen LogP contribution in [0.15, 0.2) is 158 Å². The Bertz CT molecular complexity index is 3770. The number of nitriles is 1. The van der Waals surface area contributed by atoms with Crippen LogP contribution in [0.4, 0.5) is 0 Å². The number of imidazole rings is 1. The third-order valence-electron chi connectivity index (χ3n) is 10.3. The molecule has 0 spiro atoms. The molecule has 0 fully saturated rings. The van der Waals surface area contributed by atoms with Gasteiger partial charge in [0.05, 0.1) is 36.5 Å². The SMILES string of the molecule is [2H]c1c([2H])c([2H])c(-c2cccc(-c3c([2H])c([2H])c([2H])c([2H])c3[2H])c2-[n+]2[c-]n(-c3[c-]c(Oc4[c-]c5c(cc4)c4cnc(C)cc4n5-c4cc(C(C)(C)C)ccn4)cc(C#N)c3)c3ccccc32)c([2H])c1[2H].[Pt]. The van der Waals surface area contributed by atoms with Gasteiger partial charge >= 0.3 is 0 Å². The van der Waals surface area contributed by atoms with Gasteiger partial charge in [0.25, 0.3) is 6.33 Å². The molecule has 0 radical (unpaired) electrons. The summed E-state index contributed by atoms with van der Waals surface area (Å²) in [5, 5.41) is 12.2. The van der Waals surface area contributed by atoms with Crippen molar-refractivity contribution in [3.05, 3.63) is 193 Å². The number of rotatable bonds is 7. The topological polar surface area (TPSA) is 72.5 Å². The maximum atomic E-state index is 10.4. The van der Waals surface area contributed by atoms with Gasteiger partial charge in [0, 0.05) is 56.2 Å². The second kappa shape index (κ2) is 15.8. The second-order valence-electron chi connectivity index (χ2n) is 15.2. The summed E-state index contributed by atoms with van der Waals surface area (Å²) < 4.78 is 98.6. The Labute approximate surface area is 383 Å². The zero-order valence-corrected chi connectivity index (χ0v) is 35.4. The minimum absolute atomic E-state index is 0. The Hall–Kier alpha value is -7.13. The molecule has 0 unspecified atom stereocenters. The molecule has 4 heterocycles. The monoisotopic (exact) mass is 979 g/mol. The Kier molecular flexibility index (Phi) is 7.55. The van der Waals surface area contributed by atoms with Crippen molar-refractivity contribution in [2.75, 3.05) is 0 Å². The van der Waals surface area contributed by atoms with Crippen molar-refractivity contribution in [3.63, 3.8) is 0 Å².